The van der Waals surface area contributed by atoms with E-state index in [2.05, 4.69) is 0 Å². The zero-order valence-corrected chi connectivity index (χ0v) is 12.6. The third-order valence-electron chi connectivity index (χ3n) is 3.35. The second-order valence-corrected chi connectivity index (χ2v) is 5.60. The molecule has 5 nitrogen and oxygen atoms in total. The summed E-state index contributed by atoms with van der Waals surface area (Å²) >= 11 is 0. The highest BCUT2D eigenvalue weighted by Crippen LogP contribution is 2.33. The molecule has 0 bridgehead atoms. The molecule has 0 saturated carbocycles. The lowest BCUT2D eigenvalue weighted by Gasteiger charge is -2.07. The third-order valence-corrected chi connectivity index (χ3v) is 3.35. The van der Waals surface area contributed by atoms with Crippen LogP contribution >= 0.6 is 0 Å². The highest BCUT2D eigenvalue weighted by atomic mass is 16.6. The molecule has 0 saturated heterocycles. The lowest BCUT2D eigenvalue weighted by Crippen LogP contribution is -1.99. The maximum absolute atomic E-state index is 11.8. The van der Waals surface area contributed by atoms with Gasteiger partial charge in [-0.3, -0.25) is 14.9 Å². The van der Waals surface area contributed by atoms with Crippen LogP contribution < -0.4 is 5.73 Å². The monoisotopic (exact) mass is 298 g/mol. The molecule has 22 heavy (non-hydrogen) atoms. The van der Waals surface area contributed by atoms with Gasteiger partial charge in [-0.05, 0) is 24.1 Å². The Balaban J connectivity index is 2.51. The standard InChI is InChI=1S/C17H18N2O3/c1-11(2)9-13(20)8-7-12-10-16(19(21)22)14-5-3-4-6-15(14)17(12)18/h3-8,10-11H,9,18H2,1-2H3/b8-7-. The summed E-state index contributed by atoms with van der Waals surface area (Å²) in [6.07, 6.45) is 3.43. The van der Waals surface area contributed by atoms with E-state index in [0.717, 1.165) is 0 Å². The lowest BCUT2D eigenvalue weighted by molar-refractivity contribution is -0.383. The van der Waals surface area contributed by atoms with Crippen LogP contribution in [0.1, 0.15) is 25.8 Å². The molecule has 0 fully saturated rings. The number of hydrogen-bond donors (Lipinski definition) is 1. The van der Waals surface area contributed by atoms with Crippen LogP contribution in [0, 0.1) is 16.0 Å². The quantitative estimate of drug-likeness (QED) is 0.392. The van der Waals surface area contributed by atoms with Crippen LogP contribution in [0.2, 0.25) is 0 Å². The Morgan fingerprint density at radius 3 is 2.55 bits per heavy atom. The molecule has 0 aliphatic heterocycles. The van der Waals surface area contributed by atoms with Crippen molar-refractivity contribution in [1.29, 1.82) is 0 Å². The van der Waals surface area contributed by atoms with Crippen LogP contribution in [0.15, 0.2) is 36.4 Å². The van der Waals surface area contributed by atoms with Gasteiger partial charge in [-0.2, -0.15) is 0 Å². The molecule has 0 amide bonds. The predicted octanol–water partition coefficient (Wildman–Crippen LogP) is 3.96. The van der Waals surface area contributed by atoms with E-state index in [0.29, 0.717) is 28.4 Å². The maximum atomic E-state index is 11.8. The Kier molecular flexibility index (Phi) is 4.56. The summed E-state index contributed by atoms with van der Waals surface area (Å²) in [6, 6.07) is 8.33. The fourth-order valence-corrected chi connectivity index (χ4v) is 2.34. The van der Waals surface area contributed by atoms with Gasteiger partial charge in [0.05, 0.1) is 10.3 Å². The zero-order chi connectivity index (χ0) is 16.3. The topological polar surface area (TPSA) is 86.2 Å². The summed E-state index contributed by atoms with van der Waals surface area (Å²) in [5.41, 5.74) is 7.01. The van der Waals surface area contributed by atoms with Crippen LogP contribution in [0.25, 0.3) is 16.8 Å². The second-order valence-electron chi connectivity index (χ2n) is 5.60. The number of nitrogen functional groups attached to an aromatic ring is 1. The van der Waals surface area contributed by atoms with Gasteiger partial charge in [0, 0.05) is 29.1 Å². The van der Waals surface area contributed by atoms with Crippen LogP contribution in [-0.4, -0.2) is 10.7 Å². The Bertz CT molecular complexity index is 764. The lowest BCUT2D eigenvalue weighted by atomic mass is 10.0. The number of allylic oxidation sites excluding steroid dienone is 1. The van der Waals surface area contributed by atoms with Crippen LogP contribution in [0.4, 0.5) is 11.4 Å². The first kappa shape index (κ1) is 15.7. The highest BCUT2D eigenvalue weighted by molar-refractivity contribution is 6.03. The summed E-state index contributed by atoms with van der Waals surface area (Å²) in [4.78, 5) is 22.6. The SMILES string of the molecule is CC(C)CC(=O)/C=C\c1cc([N+](=O)[O-])c2ccccc2c1N. The fourth-order valence-electron chi connectivity index (χ4n) is 2.34. The van der Waals surface area contributed by atoms with Gasteiger partial charge in [-0.15, -0.1) is 0 Å². The van der Waals surface area contributed by atoms with E-state index in [1.807, 2.05) is 13.8 Å². The van der Waals surface area contributed by atoms with Crippen LogP contribution in [0.3, 0.4) is 0 Å². The summed E-state index contributed by atoms with van der Waals surface area (Å²) < 4.78 is 0. The minimum absolute atomic E-state index is 0.0132. The number of carbonyl (C=O) groups excluding carboxylic acids is 1. The molecule has 0 heterocycles. The van der Waals surface area contributed by atoms with Crippen LogP contribution in [0.5, 0.6) is 0 Å². The number of nitro groups is 1. The number of fused-ring (bicyclic) bond motifs is 1. The molecule has 2 aromatic carbocycles. The van der Waals surface area contributed by atoms with E-state index in [1.54, 1.807) is 30.3 Å². The molecule has 2 aromatic rings. The van der Waals surface area contributed by atoms with Crippen molar-refractivity contribution in [3.63, 3.8) is 0 Å². The van der Waals surface area contributed by atoms with Gasteiger partial charge in [0.2, 0.25) is 0 Å². The van der Waals surface area contributed by atoms with Crippen molar-refractivity contribution in [2.24, 2.45) is 5.92 Å². The van der Waals surface area contributed by atoms with Gasteiger partial charge in [0.1, 0.15) is 0 Å². The number of benzene rings is 2. The van der Waals surface area contributed by atoms with E-state index in [-0.39, 0.29) is 17.4 Å². The number of nitrogens with two attached hydrogens (primary N) is 1. The van der Waals surface area contributed by atoms with Crippen LogP contribution in [-0.2, 0) is 4.79 Å². The second kappa shape index (κ2) is 6.39. The zero-order valence-electron chi connectivity index (χ0n) is 12.6. The van der Waals surface area contributed by atoms with Gasteiger partial charge < -0.3 is 5.73 Å². The van der Waals surface area contributed by atoms with E-state index in [1.165, 1.54) is 12.1 Å². The number of anilines is 1. The number of rotatable bonds is 5. The number of carbonyl (C=O) groups is 1. The molecule has 0 aliphatic rings. The Labute approximate surface area is 128 Å². The molecule has 0 spiro atoms. The van der Waals surface area contributed by atoms with Crippen molar-refractivity contribution in [1.82, 2.24) is 0 Å². The summed E-state index contributed by atoms with van der Waals surface area (Å²) in [5, 5.41) is 12.3. The highest BCUT2D eigenvalue weighted by Gasteiger charge is 2.16. The molecule has 0 radical (unpaired) electrons. The number of nitro benzene ring substituents is 1. The van der Waals surface area contributed by atoms with Crippen molar-refractivity contribution >= 4 is 34.0 Å². The molecule has 0 aromatic heterocycles. The molecule has 0 atom stereocenters. The number of ketones is 1. The number of hydrogen-bond acceptors (Lipinski definition) is 4. The molecular weight excluding hydrogens is 280 g/mol. The van der Waals surface area contributed by atoms with E-state index in [4.69, 9.17) is 5.73 Å². The Morgan fingerprint density at radius 1 is 1.32 bits per heavy atom. The average Bonchev–Trinajstić information content (AvgIpc) is 2.45. The van der Waals surface area contributed by atoms with E-state index >= 15 is 0 Å². The summed E-state index contributed by atoms with van der Waals surface area (Å²) in [5.74, 6) is 0.241. The first-order valence-corrected chi connectivity index (χ1v) is 7.06. The fraction of sp³-hybridized carbons (Fsp3) is 0.235. The van der Waals surface area contributed by atoms with Gasteiger partial charge in [0.25, 0.3) is 5.69 Å². The predicted molar refractivity (Wildman–Crippen MR) is 88.5 cm³/mol. The first-order chi connectivity index (χ1) is 10.4. The first-order valence-electron chi connectivity index (χ1n) is 7.06. The van der Waals surface area contributed by atoms with Crippen molar-refractivity contribution in [2.45, 2.75) is 20.3 Å². The average molecular weight is 298 g/mol. The van der Waals surface area contributed by atoms with E-state index in [9.17, 15) is 14.9 Å². The van der Waals surface area contributed by atoms with Gasteiger partial charge in [-0.1, -0.05) is 32.0 Å². The normalized spacial score (nSPS) is 11.4. The van der Waals surface area contributed by atoms with Crippen molar-refractivity contribution < 1.29 is 9.72 Å². The molecule has 2 N–H and O–H groups in total. The van der Waals surface area contributed by atoms with Crippen molar-refractivity contribution in [2.75, 3.05) is 5.73 Å². The minimum Gasteiger partial charge on any atom is -0.398 e. The largest absolute Gasteiger partial charge is 0.398 e. The smallest absolute Gasteiger partial charge is 0.277 e. The Morgan fingerprint density at radius 2 is 1.95 bits per heavy atom. The molecule has 0 unspecified atom stereocenters. The van der Waals surface area contributed by atoms with Gasteiger partial charge in [0.15, 0.2) is 5.78 Å². The summed E-state index contributed by atoms with van der Waals surface area (Å²) in [6.45, 7) is 3.92. The van der Waals surface area contributed by atoms with Crippen molar-refractivity contribution in [3.05, 3.63) is 52.1 Å². The van der Waals surface area contributed by atoms with E-state index < -0.39 is 4.92 Å². The van der Waals surface area contributed by atoms with Crippen molar-refractivity contribution in [3.8, 4) is 0 Å². The molecule has 114 valence electrons. The number of nitrogens with zero attached hydrogens (tertiary/aromatic N) is 1. The maximum Gasteiger partial charge on any atom is 0.277 e. The minimum atomic E-state index is -0.435. The summed E-state index contributed by atoms with van der Waals surface area (Å²) in [7, 11) is 0. The third kappa shape index (κ3) is 3.31. The van der Waals surface area contributed by atoms with Gasteiger partial charge >= 0.3 is 0 Å². The number of non-ortho nitro benzene ring substituents is 1. The van der Waals surface area contributed by atoms with Gasteiger partial charge in [-0.25, -0.2) is 0 Å². The molecule has 0 aliphatic carbocycles. The molecule has 5 heteroatoms. The Hall–Kier alpha value is -2.69. The molecular formula is C17H18N2O3. The molecule has 2 rings (SSSR count).